The van der Waals surface area contributed by atoms with Gasteiger partial charge in [0.1, 0.15) is 12.4 Å². The molecule has 1 saturated heterocycles. The summed E-state index contributed by atoms with van der Waals surface area (Å²) >= 11 is 0. The van der Waals surface area contributed by atoms with Gasteiger partial charge < -0.3 is 25.2 Å². The van der Waals surface area contributed by atoms with Gasteiger partial charge in [0.2, 0.25) is 0 Å². The summed E-state index contributed by atoms with van der Waals surface area (Å²) in [6, 6.07) is 11.3. The quantitative estimate of drug-likeness (QED) is 0.436. The van der Waals surface area contributed by atoms with Crippen LogP contribution in [-0.4, -0.2) is 68.3 Å². The third kappa shape index (κ3) is 6.56. The Balaban J connectivity index is 1.50. The van der Waals surface area contributed by atoms with Crippen LogP contribution in [0.15, 0.2) is 47.6 Å². The van der Waals surface area contributed by atoms with Gasteiger partial charge in [0.05, 0.1) is 0 Å². The first-order chi connectivity index (χ1) is 15.6. The molecule has 1 atom stereocenters. The van der Waals surface area contributed by atoms with E-state index >= 15 is 0 Å². The Morgan fingerprint density at radius 1 is 1.25 bits per heavy atom. The lowest BCUT2D eigenvalue weighted by atomic mass is 10.2. The van der Waals surface area contributed by atoms with Crippen LogP contribution in [-0.2, 0) is 6.54 Å². The molecule has 0 radical (unpaired) electrons. The second-order valence-electron chi connectivity index (χ2n) is 7.79. The average Bonchev–Trinajstić information content (AvgIpc) is 3.28. The summed E-state index contributed by atoms with van der Waals surface area (Å²) in [5.41, 5.74) is 1.08. The van der Waals surface area contributed by atoms with Gasteiger partial charge in [-0.25, -0.2) is 9.37 Å². The summed E-state index contributed by atoms with van der Waals surface area (Å²) in [7, 11) is 1.76. The minimum Gasteiger partial charge on any atom is -0.492 e. The van der Waals surface area contributed by atoms with Gasteiger partial charge in [-0.05, 0) is 37.7 Å². The van der Waals surface area contributed by atoms with Crippen LogP contribution in [0, 0.1) is 5.82 Å². The van der Waals surface area contributed by atoms with E-state index in [1.165, 1.54) is 6.07 Å². The van der Waals surface area contributed by atoms with Crippen LogP contribution in [0.5, 0.6) is 5.75 Å². The maximum absolute atomic E-state index is 14.0. The molecule has 2 aromatic rings. The van der Waals surface area contributed by atoms with Gasteiger partial charge in [0, 0.05) is 51.0 Å². The molecular weight excluding hydrogens is 407 g/mol. The molecule has 32 heavy (non-hydrogen) atoms. The van der Waals surface area contributed by atoms with Crippen molar-refractivity contribution in [2.45, 2.75) is 32.9 Å². The number of guanidine groups is 1. The highest BCUT2D eigenvalue weighted by Gasteiger charge is 2.26. The molecule has 1 unspecified atom stereocenters. The van der Waals surface area contributed by atoms with Crippen molar-refractivity contribution in [3.05, 3.63) is 54.0 Å². The van der Waals surface area contributed by atoms with E-state index in [-0.39, 0.29) is 11.9 Å². The Bertz CT molecular complexity index is 873. The summed E-state index contributed by atoms with van der Waals surface area (Å²) in [6.07, 6.45) is 2.52. The zero-order valence-corrected chi connectivity index (χ0v) is 19.4. The molecule has 2 N–H and O–H groups in total. The first kappa shape index (κ1) is 23.8. The fraction of sp³-hybridized carbons (Fsp3) is 0.500. The highest BCUT2D eigenvalue weighted by Crippen LogP contribution is 2.21. The number of nitrogens with one attached hydrogen (secondary N) is 2. The van der Waals surface area contributed by atoms with Crippen LogP contribution in [0.1, 0.15) is 25.8 Å². The number of rotatable bonds is 10. The minimum atomic E-state index is -0.284. The Hall–Kier alpha value is -2.87. The largest absolute Gasteiger partial charge is 0.492 e. The van der Waals surface area contributed by atoms with Gasteiger partial charge in [-0.2, -0.15) is 0 Å². The Morgan fingerprint density at radius 2 is 2.06 bits per heavy atom. The highest BCUT2D eigenvalue weighted by atomic mass is 19.1. The van der Waals surface area contributed by atoms with Crippen molar-refractivity contribution in [3.63, 3.8) is 0 Å². The number of halogens is 1. The van der Waals surface area contributed by atoms with Crippen molar-refractivity contribution in [1.29, 1.82) is 0 Å². The lowest BCUT2D eigenvalue weighted by molar-refractivity contribution is 0.221. The lowest BCUT2D eigenvalue weighted by Gasteiger charge is -2.21. The minimum absolute atomic E-state index is 0.170. The lowest BCUT2D eigenvalue weighted by Crippen LogP contribution is -2.44. The molecule has 1 aliphatic rings. The molecule has 1 fully saturated rings. The van der Waals surface area contributed by atoms with E-state index < -0.39 is 0 Å². The number of benzene rings is 1. The Labute approximate surface area is 190 Å². The number of hydrogen-bond donors (Lipinski definition) is 2. The van der Waals surface area contributed by atoms with E-state index in [1.807, 2.05) is 23.1 Å². The van der Waals surface area contributed by atoms with E-state index in [2.05, 4.69) is 45.4 Å². The maximum Gasteiger partial charge on any atom is 0.191 e. The third-order valence-electron chi connectivity index (χ3n) is 5.77. The predicted octanol–water partition coefficient (Wildman–Crippen LogP) is 2.89. The fourth-order valence-electron chi connectivity index (χ4n) is 3.86. The number of hydrogen-bond acceptors (Lipinski definition) is 5. The van der Waals surface area contributed by atoms with Gasteiger partial charge in [-0.15, -0.1) is 0 Å². The smallest absolute Gasteiger partial charge is 0.191 e. The number of ether oxygens (including phenoxy) is 1. The van der Waals surface area contributed by atoms with E-state index in [0.29, 0.717) is 25.5 Å². The van der Waals surface area contributed by atoms with Crippen LogP contribution in [0.3, 0.4) is 0 Å². The number of nitrogens with zero attached hydrogens (tertiary/aromatic N) is 4. The molecule has 3 rings (SSSR count). The standard InChI is InChI=1S/C24H35FN6O/c1-4-30(5-2)15-16-32-22-11-7-6-9-19(22)17-28-24(26-3)29-20-12-14-31(18-20)23-21(25)10-8-13-27-23/h6-11,13,20H,4-5,12,14-18H2,1-3H3,(H2,26,28,29). The summed E-state index contributed by atoms with van der Waals surface area (Å²) in [4.78, 5) is 12.9. The number of aromatic nitrogens is 1. The van der Waals surface area contributed by atoms with Crippen molar-refractivity contribution >= 4 is 11.8 Å². The van der Waals surface area contributed by atoms with E-state index in [9.17, 15) is 4.39 Å². The molecule has 1 aliphatic heterocycles. The van der Waals surface area contributed by atoms with E-state index in [0.717, 1.165) is 49.9 Å². The molecule has 0 amide bonds. The van der Waals surface area contributed by atoms with Crippen molar-refractivity contribution in [2.75, 3.05) is 51.3 Å². The van der Waals surface area contributed by atoms with Crippen molar-refractivity contribution in [2.24, 2.45) is 4.99 Å². The van der Waals surface area contributed by atoms with Crippen LogP contribution in [0.2, 0.25) is 0 Å². The van der Waals surface area contributed by atoms with E-state index in [1.54, 1.807) is 19.3 Å². The maximum atomic E-state index is 14.0. The zero-order chi connectivity index (χ0) is 22.8. The molecule has 174 valence electrons. The highest BCUT2D eigenvalue weighted by molar-refractivity contribution is 5.80. The van der Waals surface area contributed by atoms with E-state index in [4.69, 9.17) is 4.74 Å². The van der Waals surface area contributed by atoms with Gasteiger partial charge in [-0.1, -0.05) is 32.0 Å². The van der Waals surface area contributed by atoms with Crippen molar-refractivity contribution in [3.8, 4) is 5.75 Å². The average molecular weight is 443 g/mol. The molecular formula is C24H35FN6O. The van der Waals surface area contributed by atoms with Gasteiger partial charge >= 0.3 is 0 Å². The molecule has 1 aromatic heterocycles. The number of aliphatic imine (C=N–C) groups is 1. The Morgan fingerprint density at radius 3 is 2.81 bits per heavy atom. The van der Waals surface area contributed by atoms with Crippen molar-refractivity contribution in [1.82, 2.24) is 20.5 Å². The first-order valence-corrected chi connectivity index (χ1v) is 11.4. The van der Waals surface area contributed by atoms with Crippen LogP contribution in [0.4, 0.5) is 10.2 Å². The van der Waals surface area contributed by atoms with Gasteiger partial charge in [-0.3, -0.25) is 4.99 Å². The molecule has 0 bridgehead atoms. The number of pyridine rings is 1. The molecule has 1 aromatic carbocycles. The number of para-hydroxylation sites is 1. The number of likely N-dealkylation sites (N-methyl/N-ethyl adjacent to an activating group) is 1. The first-order valence-electron chi connectivity index (χ1n) is 11.4. The van der Waals surface area contributed by atoms with Crippen molar-refractivity contribution < 1.29 is 9.13 Å². The normalized spacial score (nSPS) is 16.5. The summed E-state index contributed by atoms with van der Waals surface area (Å²) in [6.45, 7) is 9.98. The Kier molecular flexibility index (Phi) is 9.10. The summed E-state index contributed by atoms with van der Waals surface area (Å²) in [5.74, 6) is 1.74. The second kappa shape index (κ2) is 12.2. The zero-order valence-electron chi connectivity index (χ0n) is 19.4. The summed E-state index contributed by atoms with van der Waals surface area (Å²) in [5, 5.41) is 6.83. The van der Waals surface area contributed by atoms with Gasteiger partial charge in [0.15, 0.2) is 17.6 Å². The van der Waals surface area contributed by atoms with Gasteiger partial charge in [0.25, 0.3) is 0 Å². The summed E-state index contributed by atoms with van der Waals surface area (Å²) < 4.78 is 20.1. The van der Waals surface area contributed by atoms with Crippen LogP contribution < -0.4 is 20.3 Å². The number of anilines is 1. The molecule has 0 aliphatic carbocycles. The predicted molar refractivity (Wildman–Crippen MR) is 128 cm³/mol. The molecule has 2 heterocycles. The molecule has 0 saturated carbocycles. The second-order valence-corrected chi connectivity index (χ2v) is 7.79. The molecule has 7 nitrogen and oxygen atoms in total. The SMILES string of the molecule is CCN(CC)CCOc1ccccc1CNC(=NC)NC1CCN(c2ncccc2F)C1. The monoisotopic (exact) mass is 442 g/mol. The van der Waals surface area contributed by atoms with Crippen LogP contribution >= 0.6 is 0 Å². The molecule has 0 spiro atoms. The fourth-order valence-corrected chi connectivity index (χ4v) is 3.86. The third-order valence-corrected chi connectivity index (χ3v) is 5.77. The van der Waals surface area contributed by atoms with Crippen LogP contribution in [0.25, 0.3) is 0 Å². The molecule has 8 heteroatoms. The topological polar surface area (TPSA) is 65.0 Å².